The quantitative estimate of drug-likeness (QED) is 0.352. The van der Waals surface area contributed by atoms with E-state index in [4.69, 9.17) is 4.74 Å². The third kappa shape index (κ3) is 3.52. The number of carbonyl (C=O) groups excluding carboxylic acids is 4. The van der Waals surface area contributed by atoms with E-state index in [1.54, 1.807) is 0 Å². The van der Waals surface area contributed by atoms with Crippen LogP contribution in [0.15, 0.2) is 54.1 Å². The normalized spacial score (nSPS) is 14.4. The lowest BCUT2D eigenvalue weighted by atomic mass is 10.1. The molecular formula is C20H15FN2O5. The molecule has 2 aromatic carbocycles. The van der Waals surface area contributed by atoms with Gasteiger partial charge in [0.1, 0.15) is 17.1 Å². The van der Waals surface area contributed by atoms with Crippen LogP contribution < -0.4 is 4.74 Å². The standard InChI is InChI=1S/C20H15FN2O5/c1-22-17(24)15(18(25)23(2)20(22)27)11-12-7-9-13(10-8-12)28-19(26)14-5-3-4-6-16(14)21/h3-11H,1-2H3. The Morgan fingerprint density at radius 2 is 1.50 bits per heavy atom. The van der Waals surface area contributed by atoms with Gasteiger partial charge in [0.15, 0.2) is 0 Å². The summed E-state index contributed by atoms with van der Waals surface area (Å²) in [5, 5.41) is 0. The van der Waals surface area contributed by atoms with Gasteiger partial charge in [-0.05, 0) is 35.9 Å². The first-order chi connectivity index (χ1) is 13.3. The van der Waals surface area contributed by atoms with Crippen molar-refractivity contribution < 1.29 is 28.3 Å². The molecule has 7 nitrogen and oxygen atoms in total. The van der Waals surface area contributed by atoms with Gasteiger partial charge in [0.2, 0.25) is 0 Å². The summed E-state index contributed by atoms with van der Waals surface area (Å²) in [5.74, 6) is -2.78. The van der Waals surface area contributed by atoms with Crippen LogP contribution in [0.5, 0.6) is 5.75 Å². The first-order valence-corrected chi connectivity index (χ1v) is 8.18. The number of esters is 1. The molecule has 0 aromatic heterocycles. The topological polar surface area (TPSA) is 84.0 Å². The molecule has 28 heavy (non-hydrogen) atoms. The molecule has 1 fully saturated rings. The molecule has 2 aromatic rings. The molecule has 0 N–H and O–H groups in total. The van der Waals surface area contributed by atoms with E-state index < -0.39 is 29.6 Å². The van der Waals surface area contributed by atoms with Gasteiger partial charge in [0.05, 0.1) is 5.56 Å². The highest BCUT2D eigenvalue weighted by atomic mass is 19.1. The van der Waals surface area contributed by atoms with Crippen molar-refractivity contribution in [3.63, 3.8) is 0 Å². The van der Waals surface area contributed by atoms with Gasteiger partial charge in [0, 0.05) is 14.1 Å². The number of hydrogen-bond donors (Lipinski definition) is 0. The van der Waals surface area contributed by atoms with Crippen LogP contribution in [0.2, 0.25) is 0 Å². The molecule has 0 bridgehead atoms. The number of ether oxygens (including phenoxy) is 1. The summed E-state index contributed by atoms with van der Waals surface area (Å²) in [6, 6.07) is 10.7. The van der Waals surface area contributed by atoms with Gasteiger partial charge in [-0.25, -0.2) is 14.0 Å². The van der Waals surface area contributed by atoms with Crippen LogP contribution in [-0.2, 0) is 9.59 Å². The van der Waals surface area contributed by atoms with Crippen LogP contribution in [0.25, 0.3) is 6.08 Å². The van der Waals surface area contributed by atoms with E-state index in [2.05, 4.69) is 0 Å². The van der Waals surface area contributed by atoms with Gasteiger partial charge in [-0.15, -0.1) is 0 Å². The zero-order valence-electron chi connectivity index (χ0n) is 15.0. The van der Waals surface area contributed by atoms with E-state index in [1.807, 2.05) is 0 Å². The van der Waals surface area contributed by atoms with Crippen LogP contribution in [-0.4, -0.2) is 47.7 Å². The molecule has 0 saturated carbocycles. The second kappa shape index (κ2) is 7.43. The highest BCUT2D eigenvalue weighted by molar-refractivity contribution is 6.30. The molecule has 4 amide bonds. The number of halogens is 1. The lowest BCUT2D eigenvalue weighted by molar-refractivity contribution is -0.134. The molecular weight excluding hydrogens is 367 g/mol. The highest BCUT2D eigenvalue weighted by Crippen LogP contribution is 2.20. The van der Waals surface area contributed by atoms with Crippen molar-refractivity contribution in [1.29, 1.82) is 0 Å². The van der Waals surface area contributed by atoms with Crippen molar-refractivity contribution >= 4 is 29.9 Å². The van der Waals surface area contributed by atoms with E-state index >= 15 is 0 Å². The smallest absolute Gasteiger partial charge is 0.346 e. The van der Waals surface area contributed by atoms with Crippen molar-refractivity contribution in [3.8, 4) is 5.75 Å². The molecule has 0 unspecified atom stereocenters. The average Bonchev–Trinajstić information content (AvgIpc) is 2.69. The number of rotatable bonds is 3. The van der Waals surface area contributed by atoms with Crippen LogP contribution in [0.4, 0.5) is 9.18 Å². The van der Waals surface area contributed by atoms with Gasteiger partial charge >= 0.3 is 12.0 Å². The predicted molar refractivity (Wildman–Crippen MR) is 96.7 cm³/mol. The minimum Gasteiger partial charge on any atom is -0.423 e. The minimum absolute atomic E-state index is 0.166. The molecule has 0 atom stereocenters. The number of amides is 4. The van der Waals surface area contributed by atoms with E-state index in [0.29, 0.717) is 5.56 Å². The number of imide groups is 2. The summed E-state index contributed by atoms with van der Waals surface area (Å²) >= 11 is 0. The maximum atomic E-state index is 13.6. The Morgan fingerprint density at radius 1 is 0.929 bits per heavy atom. The zero-order chi connectivity index (χ0) is 20.4. The summed E-state index contributed by atoms with van der Waals surface area (Å²) in [6.45, 7) is 0. The summed E-state index contributed by atoms with van der Waals surface area (Å²) in [6.07, 6.45) is 1.34. The summed E-state index contributed by atoms with van der Waals surface area (Å²) in [5.41, 5.74) is 0.127. The first-order valence-electron chi connectivity index (χ1n) is 8.18. The Morgan fingerprint density at radius 3 is 2.07 bits per heavy atom. The Hall–Kier alpha value is -3.81. The van der Waals surface area contributed by atoms with E-state index in [1.165, 1.54) is 62.6 Å². The third-order valence-corrected chi connectivity index (χ3v) is 4.14. The fraction of sp³-hybridized carbons (Fsp3) is 0.100. The lowest BCUT2D eigenvalue weighted by Crippen LogP contribution is -2.52. The van der Waals surface area contributed by atoms with E-state index in [-0.39, 0.29) is 16.9 Å². The number of hydrogen-bond acceptors (Lipinski definition) is 5. The molecule has 3 rings (SSSR count). The fourth-order valence-corrected chi connectivity index (χ4v) is 2.56. The number of barbiturate groups is 1. The Bertz CT molecular complexity index is 988. The summed E-state index contributed by atoms with van der Waals surface area (Å²) < 4.78 is 18.7. The van der Waals surface area contributed by atoms with Gasteiger partial charge in [-0.2, -0.15) is 0 Å². The van der Waals surface area contributed by atoms with Gasteiger partial charge in [-0.3, -0.25) is 19.4 Å². The van der Waals surface area contributed by atoms with Crippen molar-refractivity contribution in [1.82, 2.24) is 9.80 Å². The Kier molecular flexibility index (Phi) is 5.04. The lowest BCUT2D eigenvalue weighted by Gasteiger charge is -2.28. The second-order valence-corrected chi connectivity index (χ2v) is 6.01. The Balaban J connectivity index is 1.79. The fourth-order valence-electron chi connectivity index (χ4n) is 2.56. The zero-order valence-corrected chi connectivity index (χ0v) is 15.0. The number of urea groups is 1. The van der Waals surface area contributed by atoms with Gasteiger partial charge in [0.25, 0.3) is 11.8 Å². The number of likely N-dealkylation sites (N-methyl/N-ethyl adjacent to an activating group) is 2. The largest absolute Gasteiger partial charge is 0.423 e. The van der Waals surface area contributed by atoms with Gasteiger partial charge < -0.3 is 4.74 Å². The number of nitrogens with zero attached hydrogens (tertiary/aromatic N) is 2. The number of carbonyl (C=O) groups is 4. The SMILES string of the molecule is CN1C(=O)C(=Cc2ccc(OC(=O)c3ccccc3F)cc2)C(=O)N(C)C1=O. The molecule has 1 saturated heterocycles. The molecule has 8 heteroatoms. The van der Waals surface area contributed by atoms with Crippen LogP contribution >= 0.6 is 0 Å². The molecule has 0 aliphatic carbocycles. The number of benzene rings is 2. The van der Waals surface area contributed by atoms with Crippen molar-refractivity contribution in [2.75, 3.05) is 14.1 Å². The van der Waals surface area contributed by atoms with Crippen molar-refractivity contribution in [3.05, 3.63) is 71.0 Å². The van der Waals surface area contributed by atoms with Gasteiger partial charge in [-0.1, -0.05) is 24.3 Å². The minimum atomic E-state index is -0.844. The first kappa shape index (κ1) is 19.0. The maximum Gasteiger partial charge on any atom is 0.346 e. The molecule has 0 spiro atoms. The van der Waals surface area contributed by atoms with E-state index in [0.717, 1.165) is 15.9 Å². The van der Waals surface area contributed by atoms with Crippen molar-refractivity contribution in [2.24, 2.45) is 0 Å². The van der Waals surface area contributed by atoms with Crippen LogP contribution in [0.3, 0.4) is 0 Å². The summed E-state index contributed by atoms with van der Waals surface area (Å²) in [4.78, 5) is 49.8. The molecule has 0 radical (unpaired) electrons. The Labute approximate surface area is 159 Å². The molecule has 1 aliphatic rings. The molecule has 1 aliphatic heterocycles. The van der Waals surface area contributed by atoms with Crippen LogP contribution in [0, 0.1) is 5.82 Å². The predicted octanol–water partition coefficient (Wildman–Crippen LogP) is 2.48. The second-order valence-electron chi connectivity index (χ2n) is 6.01. The van der Waals surface area contributed by atoms with Crippen LogP contribution in [0.1, 0.15) is 15.9 Å². The monoisotopic (exact) mass is 382 g/mol. The van der Waals surface area contributed by atoms with Crippen molar-refractivity contribution in [2.45, 2.75) is 0 Å². The summed E-state index contributed by atoms with van der Waals surface area (Å²) in [7, 11) is 2.57. The average molecular weight is 382 g/mol. The molecule has 1 heterocycles. The molecule has 142 valence electrons. The maximum absolute atomic E-state index is 13.6. The van der Waals surface area contributed by atoms with E-state index in [9.17, 15) is 23.6 Å². The third-order valence-electron chi connectivity index (χ3n) is 4.14. The highest BCUT2D eigenvalue weighted by Gasteiger charge is 2.37.